The fourth-order valence-electron chi connectivity index (χ4n) is 2.09. The summed E-state index contributed by atoms with van der Waals surface area (Å²) in [5.74, 6) is 0.593. The minimum Gasteiger partial charge on any atom is -0.330 e. The monoisotopic (exact) mass is 274 g/mol. The molecule has 2 N–H and O–H groups in total. The normalized spacial score (nSPS) is 11.2. The second-order valence-corrected chi connectivity index (χ2v) is 6.40. The predicted octanol–water partition coefficient (Wildman–Crippen LogP) is 3.67. The van der Waals surface area contributed by atoms with E-state index in [1.54, 1.807) is 11.3 Å². The van der Waals surface area contributed by atoms with Gasteiger partial charge in [-0.2, -0.15) is 0 Å². The third-order valence-electron chi connectivity index (χ3n) is 3.31. The number of hydrogen-bond acceptors (Lipinski definition) is 3. The van der Waals surface area contributed by atoms with Gasteiger partial charge in [-0.3, -0.25) is 0 Å². The number of nitrogens with two attached hydrogens (primary N) is 1. The van der Waals surface area contributed by atoms with Crippen LogP contribution in [0.15, 0.2) is 24.3 Å². The van der Waals surface area contributed by atoms with Gasteiger partial charge in [-0.1, -0.05) is 38.1 Å². The Kier molecular flexibility index (Phi) is 4.72. The third kappa shape index (κ3) is 3.64. The topological polar surface area (TPSA) is 38.9 Å². The van der Waals surface area contributed by atoms with Crippen LogP contribution in [0.25, 0.3) is 0 Å². The van der Waals surface area contributed by atoms with Crippen LogP contribution in [0.5, 0.6) is 0 Å². The number of thiazole rings is 1. The lowest BCUT2D eigenvalue weighted by atomic mass is 10.0. The van der Waals surface area contributed by atoms with E-state index in [1.165, 1.54) is 16.0 Å². The van der Waals surface area contributed by atoms with Gasteiger partial charge in [0, 0.05) is 17.7 Å². The van der Waals surface area contributed by atoms with Crippen LogP contribution < -0.4 is 5.73 Å². The molecule has 0 aliphatic carbocycles. The summed E-state index contributed by atoms with van der Waals surface area (Å²) in [4.78, 5) is 5.94. The molecule has 2 rings (SSSR count). The molecule has 0 saturated heterocycles. The summed E-state index contributed by atoms with van der Waals surface area (Å²) in [5, 5.41) is 1.16. The molecule has 0 atom stereocenters. The highest BCUT2D eigenvalue weighted by Crippen LogP contribution is 2.23. The molecule has 0 radical (unpaired) electrons. The average Bonchev–Trinajstić information content (AvgIpc) is 2.71. The molecule has 2 nitrogen and oxygen atoms in total. The second-order valence-electron chi connectivity index (χ2n) is 5.23. The Labute approximate surface area is 119 Å². The fourth-order valence-corrected chi connectivity index (χ4v) is 3.21. The van der Waals surface area contributed by atoms with Crippen LogP contribution in [0.2, 0.25) is 0 Å². The molecule has 1 aromatic carbocycles. The summed E-state index contributed by atoms with van der Waals surface area (Å²) < 4.78 is 0. The highest BCUT2D eigenvalue weighted by atomic mass is 32.1. The summed E-state index contributed by atoms with van der Waals surface area (Å²) in [6, 6.07) is 8.93. The Morgan fingerprint density at radius 2 is 1.89 bits per heavy atom. The SMILES string of the molecule is Cc1nc(CCN)sc1Cc1ccc(C(C)C)cc1. The zero-order chi connectivity index (χ0) is 13.8. The molecule has 3 heteroatoms. The van der Waals surface area contributed by atoms with Crippen molar-refractivity contribution in [3.8, 4) is 0 Å². The van der Waals surface area contributed by atoms with Crippen molar-refractivity contribution < 1.29 is 0 Å². The fraction of sp³-hybridized carbons (Fsp3) is 0.438. The van der Waals surface area contributed by atoms with E-state index >= 15 is 0 Å². The van der Waals surface area contributed by atoms with Gasteiger partial charge in [0.2, 0.25) is 0 Å². The first-order chi connectivity index (χ1) is 9.10. The standard InChI is InChI=1S/C16H22N2S/c1-11(2)14-6-4-13(5-7-14)10-15-12(3)18-16(19-15)8-9-17/h4-7,11H,8-10,17H2,1-3H3. The summed E-state index contributed by atoms with van der Waals surface area (Å²) in [7, 11) is 0. The Balaban J connectivity index is 2.12. The van der Waals surface area contributed by atoms with Crippen molar-refractivity contribution in [1.82, 2.24) is 4.98 Å². The Bertz CT molecular complexity index is 526. The first-order valence-corrected chi connectivity index (χ1v) is 7.66. The highest BCUT2D eigenvalue weighted by Gasteiger charge is 2.08. The molecule has 0 amide bonds. The maximum atomic E-state index is 5.58. The van der Waals surface area contributed by atoms with Crippen molar-refractivity contribution in [3.05, 3.63) is 51.0 Å². The molecule has 2 aromatic rings. The number of rotatable bonds is 5. The third-order valence-corrected chi connectivity index (χ3v) is 4.52. The summed E-state index contributed by atoms with van der Waals surface area (Å²) in [5.41, 5.74) is 9.49. The van der Waals surface area contributed by atoms with E-state index in [0.29, 0.717) is 12.5 Å². The first-order valence-electron chi connectivity index (χ1n) is 6.84. The van der Waals surface area contributed by atoms with Gasteiger partial charge in [-0.05, 0) is 30.5 Å². The van der Waals surface area contributed by atoms with Crippen LogP contribution in [-0.2, 0) is 12.8 Å². The highest BCUT2D eigenvalue weighted by molar-refractivity contribution is 7.11. The van der Waals surface area contributed by atoms with Crippen molar-refractivity contribution in [2.45, 2.75) is 39.5 Å². The number of nitrogens with zero attached hydrogens (tertiary/aromatic N) is 1. The number of hydrogen-bond donors (Lipinski definition) is 1. The molecular weight excluding hydrogens is 252 g/mol. The van der Waals surface area contributed by atoms with Gasteiger partial charge in [-0.15, -0.1) is 11.3 Å². The predicted molar refractivity (Wildman–Crippen MR) is 82.9 cm³/mol. The number of aromatic nitrogens is 1. The van der Waals surface area contributed by atoms with E-state index in [2.05, 4.69) is 50.0 Å². The van der Waals surface area contributed by atoms with Crippen molar-refractivity contribution in [1.29, 1.82) is 0 Å². The smallest absolute Gasteiger partial charge is 0.0943 e. The quantitative estimate of drug-likeness (QED) is 0.903. The molecule has 0 aliphatic heterocycles. The van der Waals surface area contributed by atoms with E-state index in [-0.39, 0.29) is 0 Å². The molecule has 0 unspecified atom stereocenters. The van der Waals surface area contributed by atoms with Gasteiger partial charge in [0.1, 0.15) is 0 Å². The molecule has 102 valence electrons. The zero-order valence-electron chi connectivity index (χ0n) is 11.9. The van der Waals surface area contributed by atoms with Gasteiger partial charge in [0.05, 0.1) is 10.7 Å². The van der Waals surface area contributed by atoms with Crippen molar-refractivity contribution in [3.63, 3.8) is 0 Å². The molecular formula is C16H22N2S. The Morgan fingerprint density at radius 3 is 2.47 bits per heavy atom. The van der Waals surface area contributed by atoms with Crippen LogP contribution in [0.1, 0.15) is 46.5 Å². The van der Waals surface area contributed by atoms with E-state index < -0.39 is 0 Å². The van der Waals surface area contributed by atoms with Crippen LogP contribution in [0.3, 0.4) is 0 Å². The van der Waals surface area contributed by atoms with Crippen molar-refractivity contribution in [2.24, 2.45) is 5.73 Å². The van der Waals surface area contributed by atoms with E-state index in [9.17, 15) is 0 Å². The van der Waals surface area contributed by atoms with Crippen LogP contribution >= 0.6 is 11.3 Å². The van der Waals surface area contributed by atoms with E-state index in [4.69, 9.17) is 5.73 Å². The van der Waals surface area contributed by atoms with Gasteiger partial charge < -0.3 is 5.73 Å². The molecule has 1 heterocycles. The minimum atomic E-state index is 0.593. The summed E-state index contributed by atoms with van der Waals surface area (Å²) >= 11 is 1.80. The molecule has 0 bridgehead atoms. The average molecular weight is 274 g/mol. The largest absolute Gasteiger partial charge is 0.330 e. The van der Waals surface area contributed by atoms with Crippen molar-refractivity contribution in [2.75, 3.05) is 6.54 Å². The van der Waals surface area contributed by atoms with Crippen molar-refractivity contribution >= 4 is 11.3 Å². The Hall–Kier alpha value is -1.19. The lowest BCUT2D eigenvalue weighted by Gasteiger charge is -2.06. The maximum Gasteiger partial charge on any atom is 0.0943 e. The first kappa shape index (κ1) is 14.2. The van der Waals surface area contributed by atoms with Crippen LogP contribution in [0, 0.1) is 6.92 Å². The Morgan fingerprint density at radius 1 is 1.21 bits per heavy atom. The van der Waals surface area contributed by atoms with Gasteiger partial charge in [-0.25, -0.2) is 4.98 Å². The lowest BCUT2D eigenvalue weighted by Crippen LogP contribution is -2.01. The minimum absolute atomic E-state index is 0.593. The van der Waals surface area contributed by atoms with Crippen LogP contribution in [0.4, 0.5) is 0 Å². The second kappa shape index (κ2) is 6.31. The molecule has 0 saturated carbocycles. The molecule has 0 aliphatic rings. The zero-order valence-corrected chi connectivity index (χ0v) is 12.8. The number of aryl methyl sites for hydroxylation is 1. The van der Waals surface area contributed by atoms with Crippen LogP contribution in [-0.4, -0.2) is 11.5 Å². The van der Waals surface area contributed by atoms with Gasteiger partial charge in [0.15, 0.2) is 0 Å². The summed E-state index contributed by atoms with van der Waals surface area (Å²) in [6.45, 7) is 7.21. The van der Waals surface area contributed by atoms with E-state index in [0.717, 1.165) is 23.5 Å². The molecule has 0 fully saturated rings. The molecule has 1 aromatic heterocycles. The lowest BCUT2D eigenvalue weighted by molar-refractivity contribution is 0.865. The van der Waals surface area contributed by atoms with Gasteiger partial charge in [0.25, 0.3) is 0 Å². The molecule has 0 spiro atoms. The summed E-state index contributed by atoms with van der Waals surface area (Å²) in [6.07, 6.45) is 1.87. The van der Waals surface area contributed by atoms with E-state index in [1.807, 2.05) is 0 Å². The van der Waals surface area contributed by atoms with Gasteiger partial charge >= 0.3 is 0 Å². The molecule has 19 heavy (non-hydrogen) atoms. The maximum absolute atomic E-state index is 5.58. The number of benzene rings is 1.